The average molecular weight is 1060 g/mol. The van der Waals surface area contributed by atoms with Gasteiger partial charge in [0.15, 0.2) is 24.6 Å². The molecule has 0 radical (unpaired) electrons. The van der Waals surface area contributed by atoms with Crippen LogP contribution in [-0.4, -0.2) is 89.2 Å². The Bertz CT molecular complexity index is 1580. The minimum Gasteiger partial charge on any atom is -0.479 e. The first kappa shape index (κ1) is 69.2. The Hall–Kier alpha value is -3.84. The summed E-state index contributed by atoms with van der Waals surface area (Å²) < 4.78 is 28.4. The van der Waals surface area contributed by atoms with E-state index in [9.17, 15) is 34.5 Å². The first-order chi connectivity index (χ1) is 36.6. The van der Waals surface area contributed by atoms with Gasteiger partial charge in [0.05, 0.1) is 6.61 Å². The number of carboxylic acids is 1. The molecule has 1 rings (SSSR count). The lowest BCUT2D eigenvalue weighted by molar-refractivity contribution is -0.301. The van der Waals surface area contributed by atoms with Gasteiger partial charge in [0.25, 0.3) is 0 Å². The van der Waals surface area contributed by atoms with Crippen molar-refractivity contribution in [3.8, 4) is 0 Å². The minimum atomic E-state index is -1.91. The number of unbranched alkanes of at least 4 members (excludes halogenated alkanes) is 24. The van der Waals surface area contributed by atoms with E-state index in [1.807, 2.05) is 0 Å². The molecule has 3 N–H and O–H groups in total. The van der Waals surface area contributed by atoms with E-state index in [2.05, 4.69) is 93.7 Å². The third-order valence-electron chi connectivity index (χ3n) is 13.2. The lowest BCUT2D eigenvalue weighted by atomic mass is 9.98. The number of carboxylic acid groups (broad SMARTS) is 1. The fourth-order valence-electron chi connectivity index (χ4n) is 8.56. The van der Waals surface area contributed by atoms with Crippen molar-refractivity contribution in [3.63, 3.8) is 0 Å². The van der Waals surface area contributed by atoms with Gasteiger partial charge >= 0.3 is 23.9 Å². The third-order valence-corrected chi connectivity index (χ3v) is 13.2. The smallest absolute Gasteiger partial charge is 0.335 e. The molecule has 1 aliphatic rings. The normalized spacial score (nSPS) is 18.7. The minimum absolute atomic E-state index is 0.0452. The second kappa shape index (κ2) is 50.9. The van der Waals surface area contributed by atoms with Crippen LogP contribution in [0.3, 0.4) is 0 Å². The van der Waals surface area contributed by atoms with E-state index >= 15 is 0 Å². The molecule has 0 spiro atoms. The van der Waals surface area contributed by atoms with Gasteiger partial charge in [-0.1, -0.05) is 196 Å². The molecule has 0 aromatic heterocycles. The number of esters is 3. The monoisotopic (exact) mass is 1050 g/mol. The first-order valence-electron chi connectivity index (χ1n) is 29.9. The highest BCUT2D eigenvalue weighted by Crippen LogP contribution is 2.26. The maximum atomic E-state index is 13.1. The lowest BCUT2D eigenvalue weighted by Crippen LogP contribution is -2.61. The number of hydrogen-bond acceptors (Lipinski definition) is 11. The van der Waals surface area contributed by atoms with Crippen LogP contribution < -0.4 is 0 Å². The molecule has 1 fully saturated rings. The van der Waals surface area contributed by atoms with Gasteiger partial charge in [0, 0.05) is 19.3 Å². The van der Waals surface area contributed by atoms with Crippen LogP contribution in [0.5, 0.6) is 0 Å². The molecule has 0 saturated carbocycles. The first-order valence-corrected chi connectivity index (χ1v) is 29.9. The van der Waals surface area contributed by atoms with E-state index < -0.39 is 67.3 Å². The molecule has 0 bridgehead atoms. The summed E-state index contributed by atoms with van der Waals surface area (Å²) in [7, 11) is 0. The summed E-state index contributed by atoms with van der Waals surface area (Å²) in [6.07, 6.45) is 51.6. The lowest BCUT2D eigenvalue weighted by Gasteiger charge is -2.40. The van der Waals surface area contributed by atoms with E-state index in [0.717, 1.165) is 135 Å². The van der Waals surface area contributed by atoms with Gasteiger partial charge in [-0.25, -0.2) is 4.79 Å². The predicted octanol–water partition coefficient (Wildman–Crippen LogP) is 15.3. The topological polar surface area (TPSA) is 175 Å². The molecule has 1 saturated heterocycles. The predicted molar refractivity (Wildman–Crippen MR) is 303 cm³/mol. The van der Waals surface area contributed by atoms with Crippen LogP contribution >= 0.6 is 0 Å². The fourth-order valence-corrected chi connectivity index (χ4v) is 8.56. The third kappa shape index (κ3) is 41.0. The summed E-state index contributed by atoms with van der Waals surface area (Å²) in [6.45, 7) is 5.87. The van der Waals surface area contributed by atoms with Crippen LogP contribution in [0, 0.1) is 0 Å². The molecule has 1 aliphatic heterocycles. The number of carbonyl (C=O) groups excluding carboxylic acids is 3. The quantitative estimate of drug-likeness (QED) is 0.0228. The second-order valence-electron chi connectivity index (χ2n) is 20.3. The summed E-state index contributed by atoms with van der Waals surface area (Å²) in [5.74, 6) is -3.16. The Morgan fingerprint density at radius 2 is 0.813 bits per heavy atom. The number of allylic oxidation sites excluding steroid dienone is 12. The number of aliphatic hydroxyl groups is 2. The highest BCUT2D eigenvalue weighted by atomic mass is 16.7. The maximum Gasteiger partial charge on any atom is 0.335 e. The summed E-state index contributed by atoms with van der Waals surface area (Å²) in [5, 5.41) is 31.4. The van der Waals surface area contributed by atoms with Crippen molar-refractivity contribution in [2.24, 2.45) is 0 Å². The van der Waals surface area contributed by atoms with Gasteiger partial charge in [-0.2, -0.15) is 0 Å². The Kier molecular flexibility index (Phi) is 47.0. The van der Waals surface area contributed by atoms with Gasteiger partial charge < -0.3 is 39.0 Å². The van der Waals surface area contributed by atoms with Crippen molar-refractivity contribution in [3.05, 3.63) is 72.9 Å². The van der Waals surface area contributed by atoms with E-state index in [0.29, 0.717) is 19.3 Å². The van der Waals surface area contributed by atoms with Crippen LogP contribution in [0.4, 0.5) is 0 Å². The number of hydrogen-bond donors (Lipinski definition) is 3. The number of ether oxygens (including phenoxy) is 5. The van der Waals surface area contributed by atoms with Gasteiger partial charge in [-0.15, -0.1) is 0 Å². The maximum absolute atomic E-state index is 13.1. The molecule has 0 aliphatic carbocycles. The van der Waals surface area contributed by atoms with Crippen molar-refractivity contribution in [2.75, 3.05) is 13.2 Å². The van der Waals surface area contributed by atoms with Crippen LogP contribution in [0.25, 0.3) is 0 Å². The largest absolute Gasteiger partial charge is 0.479 e. The zero-order valence-corrected chi connectivity index (χ0v) is 47.3. The summed E-state index contributed by atoms with van der Waals surface area (Å²) in [5.41, 5.74) is 0. The Morgan fingerprint density at radius 3 is 1.27 bits per heavy atom. The molecular weight excluding hydrogens is 949 g/mol. The van der Waals surface area contributed by atoms with Crippen LogP contribution in [0.15, 0.2) is 72.9 Å². The second-order valence-corrected chi connectivity index (χ2v) is 20.3. The fraction of sp³-hybridized carbons (Fsp3) is 0.746. The van der Waals surface area contributed by atoms with Crippen LogP contribution in [0.2, 0.25) is 0 Å². The Labute approximate surface area is 455 Å². The summed E-state index contributed by atoms with van der Waals surface area (Å²) >= 11 is 0. The summed E-state index contributed by atoms with van der Waals surface area (Å²) in [6, 6.07) is 0. The molecular formula is C63H106O12. The van der Waals surface area contributed by atoms with Crippen LogP contribution in [-0.2, 0) is 42.9 Å². The van der Waals surface area contributed by atoms with Crippen LogP contribution in [0.1, 0.15) is 252 Å². The van der Waals surface area contributed by atoms with Crippen molar-refractivity contribution >= 4 is 23.9 Å². The van der Waals surface area contributed by atoms with E-state index in [-0.39, 0.29) is 25.9 Å². The summed E-state index contributed by atoms with van der Waals surface area (Å²) in [4.78, 5) is 51.1. The number of aliphatic hydroxyl groups excluding tert-OH is 2. The molecule has 6 atom stereocenters. The number of rotatable bonds is 50. The van der Waals surface area contributed by atoms with Crippen molar-refractivity contribution in [2.45, 2.75) is 289 Å². The number of aliphatic carboxylic acids is 1. The molecule has 6 unspecified atom stereocenters. The Morgan fingerprint density at radius 1 is 0.440 bits per heavy atom. The standard InChI is InChI=1S/C63H106O12/c1-4-7-10-13-16-19-22-24-26-27-28-29-31-32-35-37-40-43-46-49-55(64)71-52-54(73-56(65)50-47-44-41-39-36-33-30-25-23-20-17-14-11-8-5-2)53-72-63-61(59(68)58(67)60(75-63)62(69)70)74-57(66)51-48-45-42-38-34-21-18-15-12-9-6-3/h15-20,24-26,28-30,54,58-61,63,67-68H,4-14,21-23,27,31-53H2,1-3H3,(H,69,70)/b18-15-,19-16-,20-17-,26-24-,29-28-,30-25-. The van der Waals surface area contributed by atoms with E-state index in [4.69, 9.17) is 23.7 Å². The molecule has 1 heterocycles. The highest BCUT2D eigenvalue weighted by molar-refractivity contribution is 5.74. The van der Waals surface area contributed by atoms with Gasteiger partial charge in [0.2, 0.25) is 0 Å². The molecule has 12 nitrogen and oxygen atoms in total. The highest BCUT2D eigenvalue weighted by Gasteiger charge is 2.50. The Balaban J connectivity index is 2.70. The van der Waals surface area contributed by atoms with Crippen molar-refractivity contribution in [1.82, 2.24) is 0 Å². The van der Waals surface area contributed by atoms with Gasteiger partial charge in [-0.05, 0) is 109 Å². The van der Waals surface area contributed by atoms with E-state index in [1.165, 1.54) is 57.8 Å². The van der Waals surface area contributed by atoms with Crippen molar-refractivity contribution < 1.29 is 58.2 Å². The van der Waals surface area contributed by atoms with Crippen molar-refractivity contribution in [1.29, 1.82) is 0 Å². The molecule has 12 heteroatoms. The van der Waals surface area contributed by atoms with Gasteiger partial charge in [-0.3, -0.25) is 14.4 Å². The number of carbonyl (C=O) groups is 4. The zero-order valence-electron chi connectivity index (χ0n) is 47.3. The molecule has 0 aromatic carbocycles. The van der Waals surface area contributed by atoms with Gasteiger partial charge in [0.1, 0.15) is 18.8 Å². The average Bonchev–Trinajstić information content (AvgIpc) is 3.39. The van der Waals surface area contributed by atoms with E-state index in [1.54, 1.807) is 0 Å². The SMILES string of the molecule is CCCC/C=C\CCCCCCCC(=O)OC1C(OCC(COC(=O)CCCCCCCC/C=C\C/C=C\C/C=C\CCCCC)OC(=O)CCCCCCC/C=C\C/C=C\CCCCC)OC(C(=O)O)C(O)C1O. The molecule has 0 aromatic rings. The molecule has 75 heavy (non-hydrogen) atoms. The molecule has 430 valence electrons. The molecule has 0 amide bonds. The zero-order chi connectivity index (χ0) is 54.7.